The van der Waals surface area contributed by atoms with Crippen molar-refractivity contribution in [1.82, 2.24) is 4.57 Å². The van der Waals surface area contributed by atoms with E-state index in [0.29, 0.717) is 11.6 Å². The molecule has 2 rings (SSSR count). The quantitative estimate of drug-likeness (QED) is 0.803. The molecule has 3 nitrogen and oxygen atoms in total. The van der Waals surface area contributed by atoms with Gasteiger partial charge in [-0.25, -0.2) is 0 Å². The summed E-state index contributed by atoms with van der Waals surface area (Å²) in [5.74, 6) is 0. The van der Waals surface area contributed by atoms with E-state index in [1.807, 2.05) is 17.6 Å². The van der Waals surface area contributed by atoms with Crippen LogP contribution in [0.3, 0.4) is 0 Å². The smallest absolute Gasteiger partial charge is 0.256 e. The Morgan fingerprint density at radius 1 is 1.40 bits per heavy atom. The highest BCUT2D eigenvalue weighted by atomic mass is 16.3. The lowest BCUT2D eigenvalue weighted by Crippen LogP contribution is -2.28. The van der Waals surface area contributed by atoms with Crippen molar-refractivity contribution in [3.05, 3.63) is 33.7 Å². The molecular formula is C12H17NO2. The first kappa shape index (κ1) is 10.4. The lowest BCUT2D eigenvalue weighted by atomic mass is 10.2. The number of nitrogens with zero attached hydrogens (tertiary/aromatic N) is 1. The van der Waals surface area contributed by atoms with Crippen LogP contribution in [0, 0.1) is 6.92 Å². The van der Waals surface area contributed by atoms with E-state index in [-0.39, 0.29) is 12.2 Å². The molecule has 1 aromatic rings. The molecular weight excluding hydrogens is 190 g/mol. The van der Waals surface area contributed by atoms with Crippen LogP contribution in [0.1, 0.15) is 43.0 Å². The molecule has 0 aliphatic heterocycles. The Morgan fingerprint density at radius 3 is 2.67 bits per heavy atom. The normalized spacial score (nSPS) is 17.2. The summed E-state index contributed by atoms with van der Waals surface area (Å²) in [6.45, 7) is 1.80. The van der Waals surface area contributed by atoms with E-state index >= 15 is 0 Å². The van der Waals surface area contributed by atoms with Crippen LogP contribution >= 0.6 is 0 Å². The molecule has 1 aliphatic rings. The van der Waals surface area contributed by atoms with Crippen molar-refractivity contribution in [2.45, 2.75) is 45.3 Å². The molecule has 1 aromatic heterocycles. The van der Waals surface area contributed by atoms with Crippen LogP contribution in [0.2, 0.25) is 0 Å². The molecule has 15 heavy (non-hydrogen) atoms. The third-order valence-electron chi connectivity index (χ3n) is 3.26. The predicted octanol–water partition coefficient (Wildman–Crippen LogP) is 1.76. The van der Waals surface area contributed by atoms with Crippen molar-refractivity contribution < 1.29 is 5.11 Å². The number of aryl methyl sites for hydroxylation is 1. The summed E-state index contributed by atoms with van der Waals surface area (Å²) in [6.07, 6.45) is 4.60. The van der Waals surface area contributed by atoms with Crippen LogP contribution in [0.15, 0.2) is 16.9 Å². The number of rotatable bonds is 2. The number of aromatic nitrogens is 1. The van der Waals surface area contributed by atoms with Gasteiger partial charge in [0.25, 0.3) is 5.56 Å². The Labute approximate surface area is 89.4 Å². The molecule has 1 N–H and O–H groups in total. The van der Waals surface area contributed by atoms with Crippen molar-refractivity contribution in [2.24, 2.45) is 0 Å². The fourth-order valence-electron chi connectivity index (χ4n) is 2.42. The monoisotopic (exact) mass is 207 g/mol. The number of aliphatic hydroxyl groups is 1. The first-order chi connectivity index (χ1) is 7.24. The van der Waals surface area contributed by atoms with Crippen LogP contribution in [0.5, 0.6) is 0 Å². The fourth-order valence-corrected chi connectivity index (χ4v) is 2.42. The maximum atomic E-state index is 12.0. The molecule has 0 unspecified atom stereocenters. The minimum atomic E-state index is -0.161. The first-order valence-electron chi connectivity index (χ1n) is 5.56. The molecule has 0 aromatic carbocycles. The molecule has 0 spiro atoms. The maximum absolute atomic E-state index is 12.0. The summed E-state index contributed by atoms with van der Waals surface area (Å²) in [5.41, 5.74) is 1.50. The average Bonchev–Trinajstić information content (AvgIpc) is 2.71. The molecule has 3 heteroatoms. The van der Waals surface area contributed by atoms with Crippen molar-refractivity contribution in [3.63, 3.8) is 0 Å². The van der Waals surface area contributed by atoms with Gasteiger partial charge in [0.1, 0.15) is 0 Å². The molecule has 82 valence electrons. The first-order valence-corrected chi connectivity index (χ1v) is 5.56. The van der Waals surface area contributed by atoms with E-state index in [1.54, 1.807) is 6.07 Å². The number of hydrogen-bond acceptors (Lipinski definition) is 2. The van der Waals surface area contributed by atoms with E-state index in [1.165, 1.54) is 12.8 Å². The second-order valence-corrected chi connectivity index (χ2v) is 4.27. The van der Waals surface area contributed by atoms with Gasteiger partial charge in [0.15, 0.2) is 0 Å². The molecule has 1 aliphatic carbocycles. The summed E-state index contributed by atoms with van der Waals surface area (Å²) in [6, 6.07) is 4.00. The highest BCUT2D eigenvalue weighted by Crippen LogP contribution is 2.29. The Hall–Kier alpha value is -1.09. The van der Waals surface area contributed by atoms with E-state index in [4.69, 9.17) is 5.11 Å². The summed E-state index contributed by atoms with van der Waals surface area (Å²) in [5, 5.41) is 9.06. The topological polar surface area (TPSA) is 42.2 Å². The van der Waals surface area contributed by atoms with Crippen molar-refractivity contribution in [3.8, 4) is 0 Å². The SMILES string of the molecule is Cc1ccc(CO)c(=O)n1C1CCCC1. The molecule has 0 bridgehead atoms. The van der Waals surface area contributed by atoms with E-state index in [0.717, 1.165) is 18.5 Å². The van der Waals surface area contributed by atoms with Gasteiger partial charge in [-0.2, -0.15) is 0 Å². The fraction of sp³-hybridized carbons (Fsp3) is 0.583. The van der Waals surface area contributed by atoms with Crippen LogP contribution in [-0.4, -0.2) is 9.67 Å². The zero-order chi connectivity index (χ0) is 10.8. The second kappa shape index (κ2) is 4.19. The molecule has 0 radical (unpaired) electrons. The molecule has 0 amide bonds. The lowest BCUT2D eigenvalue weighted by Gasteiger charge is -2.17. The summed E-state index contributed by atoms with van der Waals surface area (Å²) < 4.78 is 1.86. The standard InChI is InChI=1S/C12H17NO2/c1-9-6-7-10(8-14)12(15)13(9)11-4-2-3-5-11/h6-7,11,14H,2-5,8H2,1H3. The summed E-state index contributed by atoms with van der Waals surface area (Å²) in [7, 11) is 0. The average molecular weight is 207 g/mol. The van der Waals surface area contributed by atoms with Crippen molar-refractivity contribution in [1.29, 1.82) is 0 Å². The highest BCUT2D eigenvalue weighted by Gasteiger charge is 2.19. The van der Waals surface area contributed by atoms with Gasteiger partial charge in [0.2, 0.25) is 0 Å². The van der Waals surface area contributed by atoms with Gasteiger partial charge < -0.3 is 9.67 Å². The van der Waals surface area contributed by atoms with Crippen molar-refractivity contribution in [2.75, 3.05) is 0 Å². The Morgan fingerprint density at radius 2 is 2.07 bits per heavy atom. The molecule has 1 fully saturated rings. The van der Waals surface area contributed by atoms with Crippen LogP contribution in [0.25, 0.3) is 0 Å². The van der Waals surface area contributed by atoms with Crippen molar-refractivity contribution >= 4 is 0 Å². The minimum Gasteiger partial charge on any atom is -0.391 e. The largest absolute Gasteiger partial charge is 0.391 e. The number of pyridine rings is 1. The zero-order valence-electron chi connectivity index (χ0n) is 9.07. The number of aliphatic hydroxyl groups excluding tert-OH is 1. The van der Waals surface area contributed by atoms with Gasteiger partial charge in [0.05, 0.1) is 6.61 Å². The third kappa shape index (κ3) is 1.84. The zero-order valence-corrected chi connectivity index (χ0v) is 9.07. The molecule has 0 atom stereocenters. The molecule has 0 saturated heterocycles. The highest BCUT2D eigenvalue weighted by molar-refractivity contribution is 5.15. The predicted molar refractivity (Wildman–Crippen MR) is 58.9 cm³/mol. The third-order valence-corrected chi connectivity index (χ3v) is 3.26. The lowest BCUT2D eigenvalue weighted by molar-refractivity contribution is 0.278. The van der Waals surface area contributed by atoms with Gasteiger partial charge in [-0.15, -0.1) is 0 Å². The minimum absolute atomic E-state index is 0.00981. The van der Waals surface area contributed by atoms with Gasteiger partial charge in [-0.05, 0) is 31.9 Å². The van der Waals surface area contributed by atoms with Crippen LogP contribution < -0.4 is 5.56 Å². The van der Waals surface area contributed by atoms with Crippen LogP contribution in [-0.2, 0) is 6.61 Å². The Balaban J connectivity index is 2.48. The summed E-state index contributed by atoms with van der Waals surface area (Å²) in [4.78, 5) is 12.0. The Kier molecular flexibility index (Phi) is 2.91. The van der Waals surface area contributed by atoms with E-state index in [9.17, 15) is 4.79 Å². The second-order valence-electron chi connectivity index (χ2n) is 4.27. The van der Waals surface area contributed by atoms with Crippen LogP contribution in [0.4, 0.5) is 0 Å². The molecule has 1 saturated carbocycles. The molecule has 1 heterocycles. The summed E-state index contributed by atoms with van der Waals surface area (Å²) >= 11 is 0. The van der Waals surface area contributed by atoms with Gasteiger partial charge in [-0.3, -0.25) is 4.79 Å². The van der Waals surface area contributed by atoms with Gasteiger partial charge in [0, 0.05) is 17.3 Å². The van der Waals surface area contributed by atoms with Gasteiger partial charge >= 0.3 is 0 Å². The maximum Gasteiger partial charge on any atom is 0.256 e. The van der Waals surface area contributed by atoms with E-state index in [2.05, 4.69) is 0 Å². The van der Waals surface area contributed by atoms with Gasteiger partial charge in [-0.1, -0.05) is 12.8 Å². The number of hydrogen-bond donors (Lipinski definition) is 1. The Bertz CT molecular complexity index is 403. The van der Waals surface area contributed by atoms with E-state index < -0.39 is 0 Å².